The average Bonchev–Trinajstić information content (AvgIpc) is 2.58. The van der Waals surface area contributed by atoms with Crippen molar-refractivity contribution in [2.45, 2.75) is 6.92 Å². The molecule has 0 aliphatic rings. The quantitative estimate of drug-likeness (QED) is 0.653. The maximum Gasteiger partial charge on any atom is 0.115 e. The molecule has 0 unspecified atom stereocenters. The highest BCUT2D eigenvalue weighted by Gasteiger charge is 2.12. The largest absolute Gasteiger partial charge is 0.508 e. The maximum absolute atomic E-state index is 9.55. The van der Waals surface area contributed by atoms with E-state index in [9.17, 15) is 5.11 Å². The van der Waals surface area contributed by atoms with Crippen LogP contribution in [-0.2, 0) is 0 Å². The number of allylic oxidation sites excluding steroid dienone is 1. The van der Waals surface area contributed by atoms with Crippen molar-refractivity contribution in [1.82, 2.24) is 4.98 Å². The number of rotatable bonds is 3. The van der Waals surface area contributed by atoms with Gasteiger partial charge in [-0.05, 0) is 60.0 Å². The topological polar surface area (TPSA) is 33.1 Å². The molecule has 2 nitrogen and oxygen atoms in total. The Morgan fingerprint density at radius 3 is 2.35 bits per heavy atom. The Hall–Kier alpha value is -2.58. The van der Waals surface area contributed by atoms with E-state index in [-0.39, 0.29) is 5.75 Å². The van der Waals surface area contributed by atoms with E-state index in [0.717, 1.165) is 28.0 Å². The van der Waals surface area contributed by atoms with Crippen LogP contribution in [0.2, 0.25) is 5.02 Å². The molecule has 0 spiro atoms. The van der Waals surface area contributed by atoms with Crippen molar-refractivity contribution in [3.63, 3.8) is 0 Å². The number of aromatic nitrogens is 1. The molecule has 0 aliphatic heterocycles. The highest BCUT2D eigenvalue weighted by atomic mass is 35.5. The van der Waals surface area contributed by atoms with Crippen molar-refractivity contribution >= 4 is 22.7 Å². The minimum atomic E-state index is 0.245. The molecule has 0 amide bonds. The van der Waals surface area contributed by atoms with Crippen LogP contribution in [0.25, 0.3) is 11.1 Å². The number of phenolic OH excluding ortho intramolecular Hbond substituents is 1. The van der Waals surface area contributed by atoms with Gasteiger partial charge in [0.25, 0.3) is 0 Å². The Morgan fingerprint density at radius 2 is 1.70 bits per heavy atom. The zero-order chi connectivity index (χ0) is 16.2. The van der Waals surface area contributed by atoms with E-state index in [1.54, 1.807) is 18.3 Å². The molecule has 0 saturated heterocycles. The summed E-state index contributed by atoms with van der Waals surface area (Å²) in [6.07, 6.45) is 1.78. The van der Waals surface area contributed by atoms with Gasteiger partial charge in [-0.3, -0.25) is 4.98 Å². The van der Waals surface area contributed by atoms with Crippen LogP contribution in [0.5, 0.6) is 5.75 Å². The molecule has 3 rings (SSSR count). The highest BCUT2D eigenvalue weighted by Crippen LogP contribution is 2.32. The van der Waals surface area contributed by atoms with E-state index in [0.29, 0.717) is 5.02 Å². The lowest BCUT2D eigenvalue weighted by Gasteiger charge is -2.13. The molecule has 1 heterocycles. The van der Waals surface area contributed by atoms with Gasteiger partial charge in [0.2, 0.25) is 0 Å². The van der Waals surface area contributed by atoms with E-state index in [1.807, 2.05) is 54.6 Å². The van der Waals surface area contributed by atoms with Crippen molar-refractivity contribution in [1.29, 1.82) is 0 Å². The predicted molar refractivity (Wildman–Crippen MR) is 95.4 cm³/mol. The SMILES string of the molecule is C/C(=C(\c1ccc(O)cc1)c1ccccn1)c1cccc(Cl)c1. The van der Waals surface area contributed by atoms with E-state index < -0.39 is 0 Å². The normalized spacial score (nSPS) is 11.9. The van der Waals surface area contributed by atoms with Gasteiger partial charge in [-0.15, -0.1) is 0 Å². The zero-order valence-electron chi connectivity index (χ0n) is 12.7. The highest BCUT2D eigenvalue weighted by molar-refractivity contribution is 6.30. The smallest absolute Gasteiger partial charge is 0.115 e. The molecule has 0 aliphatic carbocycles. The third-order valence-corrected chi connectivity index (χ3v) is 3.94. The van der Waals surface area contributed by atoms with Gasteiger partial charge in [0.05, 0.1) is 5.69 Å². The van der Waals surface area contributed by atoms with Crippen molar-refractivity contribution in [2.75, 3.05) is 0 Å². The molecule has 0 radical (unpaired) electrons. The molecule has 1 aromatic heterocycles. The summed E-state index contributed by atoms with van der Waals surface area (Å²) in [5.41, 5.74) is 5.03. The van der Waals surface area contributed by atoms with Crippen LogP contribution >= 0.6 is 11.6 Å². The molecule has 0 saturated carbocycles. The molecule has 1 N–H and O–H groups in total. The molecule has 3 aromatic rings. The number of hydrogen-bond acceptors (Lipinski definition) is 2. The van der Waals surface area contributed by atoms with E-state index in [1.165, 1.54) is 0 Å². The van der Waals surface area contributed by atoms with Gasteiger partial charge >= 0.3 is 0 Å². The Labute approximate surface area is 140 Å². The molecule has 3 heteroatoms. The third-order valence-electron chi connectivity index (χ3n) is 3.71. The predicted octanol–water partition coefficient (Wildman–Crippen LogP) is 5.42. The number of phenols is 1. The minimum absolute atomic E-state index is 0.245. The first-order chi connectivity index (χ1) is 11.1. The molecule has 0 atom stereocenters. The molecule has 114 valence electrons. The second-order valence-electron chi connectivity index (χ2n) is 5.27. The van der Waals surface area contributed by atoms with Crippen molar-refractivity contribution in [3.05, 3.63) is 94.8 Å². The third kappa shape index (κ3) is 3.43. The fourth-order valence-corrected chi connectivity index (χ4v) is 2.75. The van der Waals surface area contributed by atoms with Gasteiger partial charge in [-0.25, -0.2) is 0 Å². The number of halogens is 1. The summed E-state index contributed by atoms with van der Waals surface area (Å²) in [7, 11) is 0. The first kappa shape index (κ1) is 15.3. The second-order valence-corrected chi connectivity index (χ2v) is 5.71. The summed E-state index contributed by atoms with van der Waals surface area (Å²) < 4.78 is 0. The molecular formula is C20H16ClNO. The molecule has 0 bridgehead atoms. The Morgan fingerprint density at radius 1 is 0.913 bits per heavy atom. The number of hydrogen-bond donors (Lipinski definition) is 1. The summed E-state index contributed by atoms with van der Waals surface area (Å²) in [5.74, 6) is 0.245. The fraction of sp³-hybridized carbons (Fsp3) is 0.0500. The number of nitrogens with zero attached hydrogens (tertiary/aromatic N) is 1. The summed E-state index contributed by atoms with van der Waals surface area (Å²) in [5, 5.41) is 10.3. The lowest BCUT2D eigenvalue weighted by atomic mass is 9.93. The second kappa shape index (κ2) is 6.67. The van der Waals surface area contributed by atoms with E-state index in [2.05, 4.69) is 11.9 Å². The number of benzene rings is 2. The molecule has 2 aromatic carbocycles. The van der Waals surface area contributed by atoms with Crippen LogP contribution in [0.1, 0.15) is 23.7 Å². The van der Waals surface area contributed by atoms with Gasteiger partial charge in [0.1, 0.15) is 5.75 Å². The lowest BCUT2D eigenvalue weighted by molar-refractivity contribution is 0.475. The van der Waals surface area contributed by atoms with Crippen molar-refractivity contribution in [2.24, 2.45) is 0 Å². The first-order valence-corrected chi connectivity index (χ1v) is 7.70. The number of aromatic hydroxyl groups is 1. The monoisotopic (exact) mass is 321 g/mol. The first-order valence-electron chi connectivity index (χ1n) is 7.33. The van der Waals surface area contributed by atoms with Crippen LogP contribution < -0.4 is 0 Å². The van der Waals surface area contributed by atoms with Crippen molar-refractivity contribution in [3.8, 4) is 5.75 Å². The Bertz CT molecular complexity index is 839. The summed E-state index contributed by atoms with van der Waals surface area (Å²) in [6, 6.07) is 20.8. The van der Waals surface area contributed by atoms with Gasteiger partial charge in [0.15, 0.2) is 0 Å². The fourth-order valence-electron chi connectivity index (χ4n) is 2.56. The van der Waals surface area contributed by atoms with Crippen LogP contribution in [0.3, 0.4) is 0 Å². The van der Waals surface area contributed by atoms with E-state index >= 15 is 0 Å². The Kier molecular flexibility index (Phi) is 4.45. The van der Waals surface area contributed by atoms with E-state index in [4.69, 9.17) is 11.6 Å². The van der Waals surface area contributed by atoms with Crippen molar-refractivity contribution < 1.29 is 5.11 Å². The van der Waals surface area contributed by atoms with Gasteiger partial charge in [-0.2, -0.15) is 0 Å². The van der Waals surface area contributed by atoms with Crippen LogP contribution in [0.4, 0.5) is 0 Å². The summed E-state index contributed by atoms with van der Waals surface area (Å²) >= 11 is 6.14. The molecule has 0 fully saturated rings. The van der Waals surface area contributed by atoms with Gasteiger partial charge < -0.3 is 5.11 Å². The standard InChI is InChI=1S/C20H16ClNO/c1-14(16-5-4-6-17(21)13-16)20(19-7-2-3-12-22-19)15-8-10-18(23)11-9-15/h2-13,23H,1H3/b20-14-. The summed E-state index contributed by atoms with van der Waals surface area (Å²) in [4.78, 5) is 4.49. The van der Waals surface area contributed by atoms with Crippen LogP contribution in [0.15, 0.2) is 72.9 Å². The minimum Gasteiger partial charge on any atom is -0.508 e. The zero-order valence-corrected chi connectivity index (χ0v) is 13.5. The number of pyridine rings is 1. The maximum atomic E-state index is 9.55. The van der Waals surface area contributed by atoms with Gasteiger partial charge in [0, 0.05) is 16.8 Å². The average molecular weight is 322 g/mol. The van der Waals surface area contributed by atoms with Crippen LogP contribution in [-0.4, -0.2) is 10.1 Å². The van der Waals surface area contributed by atoms with Crippen LogP contribution in [0, 0.1) is 0 Å². The molecular weight excluding hydrogens is 306 g/mol. The lowest BCUT2D eigenvalue weighted by Crippen LogP contribution is -1.95. The molecule has 23 heavy (non-hydrogen) atoms. The van der Waals surface area contributed by atoms with Gasteiger partial charge in [-0.1, -0.05) is 41.9 Å². The Balaban J connectivity index is 2.23. The summed E-state index contributed by atoms with van der Waals surface area (Å²) in [6.45, 7) is 2.06.